The Labute approximate surface area is 164 Å². The van der Waals surface area contributed by atoms with Gasteiger partial charge in [-0.05, 0) is 37.1 Å². The molecule has 0 saturated heterocycles. The first-order chi connectivity index (χ1) is 13.7. The summed E-state index contributed by atoms with van der Waals surface area (Å²) < 4.78 is 17.5. The molecule has 144 valence electrons. The van der Waals surface area contributed by atoms with E-state index < -0.39 is 0 Å². The van der Waals surface area contributed by atoms with Gasteiger partial charge in [-0.3, -0.25) is 9.69 Å². The molecule has 0 atom stereocenters. The molecule has 0 unspecified atom stereocenters. The predicted molar refractivity (Wildman–Crippen MR) is 106 cm³/mol. The third-order valence-corrected chi connectivity index (χ3v) is 5.91. The third-order valence-electron chi connectivity index (χ3n) is 5.91. The zero-order chi connectivity index (χ0) is 19.1. The minimum Gasteiger partial charge on any atom is -0.496 e. The lowest BCUT2D eigenvalue weighted by molar-refractivity contribution is 0.0567. The molecule has 3 aliphatic rings. The first-order valence-corrected chi connectivity index (χ1v) is 9.84. The number of benzene rings is 2. The van der Waals surface area contributed by atoms with Gasteiger partial charge in [-0.25, -0.2) is 0 Å². The summed E-state index contributed by atoms with van der Waals surface area (Å²) in [6.45, 7) is 1.37. The summed E-state index contributed by atoms with van der Waals surface area (Å²) in [5.41, 5.74) is 2.41. The Morgan fingerprint density at radius 2 is 1.96 bits per heavy atom. The van der Waals surface area contributed by atoms with Gasteiger partial charge in [-0.15, -0.1) is 0 Å². The molecule has 1 fully saturated rings. The van der Waals surface area contributed by atoms with Gasteiger partial charge in [0.25, 0.3) is 0 Å². The van der Waals surface area contributed by atoms with E-state index in [0.29, 0.717) is 35.6 Å². The molecule has 5 nitrogen and oxygen atoms in total. The predicted octanol–water partition coefficient (Wildman–Crippen LogP) is 4.41. The summed E-state index contributed by atoms with van der Waals surface area (Å²) in [6, 6.07) is 11.9. The first kappa shape index (κ1) is 17.3. The summed E-state index contributed by atoms with van der Waals surface area (Å²) in [5.74, 6) is 2.40. The van der Waals surface area contributed by atoms with Crippen molar-refractivity contribution in [2.75, 3.05) is 13.8 Å². The molecule has 0 aromatic heterocycles. The number of Topliss-reactive ketones (excluding diaryl/α,β-unsaturated/α-hetero) is 1. The molecule has 0 bridgehead atoms. The highest BCUT2D eigenvalue weighted by molar-refractivity contribution is 6.15. The number of hydrogen-bond donors (Lipinski definition) is 0. The molecule has 5 heteroatoms. The van der Waals surface area contributed by atoms with Crippen LogP contribution < -0.4 is 14.2 Å². The van der Waals surface area contributed by atoms with Crippen molar-refractivity contribution in [1.82, 2.24) is 4.90 Å². The van der Waals surface area contributed by atoms with Crippen molar-refractivity contribution in [1.29, 1.82) is 0 Å². The van der Waals surface area contributed by atoms with E-state index in [1.54, 1.807) is 13.2 Å². The van der Waals surface area contributed by atoms with E-state index in [-0.39, 0.29) is 5.78 Å². The van der Waals surface area contributed by atoms with Gasteiger partial charge in [-0.1, -0.05) is 31.0 Å². The summed E-state index contributed by atoms with van der Waals surface area (Å²) in [6.07, 6.45) is 6.74. The first-order valence-electron chi connectivity index (χ1n) is 9.84. The topological polar surface area (TPSA) is 48.0 Å². The fourth-order valence-electron chi connectivity index (χ4n) is 4.41. The van der Waals surface area contributed by atoms with Crippen LogP contribution in [-0.4, -0.2) is 30.6 Å². The van der Waals surface area contributed by atoms with Gasteiger partial charge in [0.05, 0.1) is 18.2 Å². The molecular formula is C23H23NO4. The van der Waals surface area contributed by atoms with Gasteiger partial charge in [0.15, 0.2) is 5.76 Å². The lowest BCUT2D eigenvalue weighted by Gasteiger charge is -2.33. The van der Waals surface area contributed by atoms with Crippen LogP contribution in [0.3, 0.4) is 0 Å². The molecule has 5 rings (SSSR count). The molecule has 2 aromatic rings. The Balaban J connectivity index is 1.48. The second kappa shape index (κ2) is 6.99. The Morgan fingerprint density at radius 1 is 1.14 bits per heavy atom. The zero-order valence-electron chi connectivity index (χ0n) is 15.9. The molecule has 0 N–H and O–H groups in total. The number of para-hydroxylation sites is 1. The molecule has 1 saturated carbocycles. The second-order valence-electron chi connectivity index (χ2n) is 7.56. The van der Waals surface area contributed by atoms with Crippen LogP contribution in [0.5, 0.6) is 17.2 Å². The highest BCUT2D eigenvalue weighted by Crippen LogP contribution is 2.43. The Morgan fingerprint density at radius 3 is 2.79 bits per heavy atom. The van der Waals surface area contributed by atoms with E-state index in [1.807, 2.05) is 36.4 Å². The van der Waals surface area contributed by atoms with Gasteiger partial charge < -0.3 is 14.2 Å². The lowest BCUT2D eigenvalue weighted by atomic mass is 10.0. The monoisotopic (exact) mass is 377 g/mol. The van der Waals surface area contributed by atoms with E-state index in [9.17, 15) is 4.79 Å². The third kappa shape index (κ3) is 2.87. The van der Waals surface area contributed by atoms with Crippen molar-refractivity contribution in [2.24, 2.45) is 0 Å². The molecular weight excluding hydrogens is 354 g/mol. The molecule has 2 heterocycles. The second-order valence-corrected chi connectivity index (χ2v) is 7.56. The van der Waals surface area contributed by atoms with E-state index >= 15 is 0 Å². The average molecular weight is 377 g/mol. The number of nitrogens with zero attached hydrogens (tertiary/aromatic N) is 1. The zero-order valence-corrected chi connectivity index (χ0v) is 15.9. The molecule has 1 aliphatic carbocycles. The number of ketones is 1. The molecule has 0 amide bonds. The van der Waals surface area contributed by atoms with Crippen LogP contribution >= 0.6 is 0 Å². The van der Waals surface area contributed by atoms with Crippen molar-refractivity contribution in [3.05, 3.63) is 58.8 Å². The van der Waals surface area contributed by atoms with Crippen LogP contribution in [-0.2, 0) is 6.54 Å². The van der Waals surface area contributed by atoms with Crippen LogP contribution in [0.15, 0.2) is 42.2 Å². The number of rotatable bonds is 3. The minimum atomic E-state index is -0.0957. The Kier molecular flexibility index (Phi) is 4.32. The van der Waals surface area contributed by atoms with Crippen molar-refractivity contribution < 1.29 is 19.0 Å². The van der Waals surface area contributed by atoms with Crippen LogP contribution in [0.1, 0.15) is 47.2 Å². The van der Waals surface area contributed by atoms with Crippen molar-refractivity contribution >= 4 is 11.9 Å². The SMILES string of the molecule is COc1ccccc1/C=C1\Oc2c(ccc3c2CN(C2CCCC2)CO3)C1=O. The number of carbonyl (C=O) groups is 1. The van der Waals surface area contributed by atoms with Crippen molar-refractivity contribution in [3.8, 4) is 17.2 Å². The van der Waals surface area contributed by atoms with Crippen LogP contribution in [0.25, 0.3) is 6.08 Å². The van der Waals surface area contributed by atoms with Gasteiger partial charge >= 0.3 is 0 Å². The molecule has 0 radical (unpaired) electrons. The molecule has 2 aromatic carbocycles. The van der Waals surface area contributed by atoms with E-state index in [1.165, 1.54) is 25.7 Å². The van der Waals surface area contributed by atoms with Gasteiger partial charge in [0.2, 0.25) is 5.78 Å². The summed E-state index contributed by atoms with van der Waals surface area (Å²) in [4.78, 5) is 15.3. The standard InChI is InChI=1S/C23H23NO4/c1-26-19-9-5-2-6-15(19)12-21-22(25)17-10-11-20-18(23(17)28-21)13-24(14-27-20)16-7-3-4-8-16/h2,5-6,9-12,16H,3-4,7-8,13-14H2,1H3/b21-12-. The van der Waals surface area contributed by atoms with E-state index in [4.69, 9.17) is 14.2 Å². The van der Waals surface area contributed by atoms with Gasteiger partial charge in [0.1, 0.15) is 24.0 Å². The highest BCUT2D eigenvalue weighted by Gasteiger charge is 2.35. The maximum absolute atomic E-state index is 12.9. The summed E-state index contributed by atoms with van der Waals surface area (Å²) in [5, 5.41) is 0. The number of fused-ring (bicyclic) bond motifs is 3. The van der Waals surface area contributed by atoms with Crippen LogP contribution in [0, 0.1) is 0 Å². The number of ether oxygens (including phenoxy) is 3. The van der Waals surface area contributed by atoms with Crippen molar-refractivity contribution in [3.63, 3.8) is 0 Å². The van der Waals surface area contributed by atoms with Gasteiger partial charge in [0, 0.05) is 18.2 Å². The van der Waals surface area contributed by atoms with Crippen LogP contribution in [0.2, 0.25) is 0 Å². The van der Waals surface area contributed by atoms with E-state index in [0.717, 1.165) is 23.4 Å². The normalized spacial score (nSPS) is 20.6. The molecule has 0 spiro atoms. The van der Waals surface area contributed by atoms with Gasteiger partial charge in [-0.2, -0.15) is 0 Å². The maximum Gasteiger partial charge on any atom is 0.231 e. The van der Waals surface area contributed by atoms with Crippen LogP contribution in [0.4, 0.5) is 0 Å². The Bertz CT molecular complexity index is 959. The summed E-state index contributed by atoms with van der Waals surface area (Å²) in [7, 11) is 1.62. The fourth-order valence-corrected chi connectivity index (χ4v) is 4.41. The number of allylic oxidation sites excluding steroid dienone is 1. The average Bonchev–Trinajstić information content (AvgIpc) is 3.37. The van der Waals surface area contributed by atoms with Crippen molar-refractivity contribution in [2.45, 2.75) is 38.3 Å². The molecule has 28 heavy (non-hydrogen) atoms. The number of methoxy groups -OCH3 is 1. The fraction of sp³-hybridized carbons (Fsp3) is 0.348. The number of carbonyl (C=O) groups excluding carboxylic acids is 1. The minimum absolute atomic E-state index is 0.0957. The Hall–Kier alpha value is -2.79. The quantitative estimate of drug-likeness (QED) is 0.742. The summed E-state index contributed by atoms with van der Waals surface area (Å²) >= 11 is 0. The maximum atomic E-state index is 12.9. The smallest absolute Gasteiger partial charge is 0.231 e. The lowest BCUT2D eigenvalue weighted by Crippen LogP contribution is -2.39. The largest absolute Gasteiger partial charge is 0.496 e. The molecule has 2 aliphatic heterocycles. The number of hydrogen-bond acceptors (Lipinski definition) is 5. The highest BCUT2D eigenvalue weighted by atomic mass is 16.5. The van der Waals surface area contributed by atoms with E-state index in [2.05, 4.69) is 4.90 Å².